The van der Waals surface area contributed by atoms with Gasteiger partial charge >= 0.3 is 0 Å². The molecule has 9 heteroatoms. The minimum absolute atomic E-state index is 0.262. The number of aromatic nitrogens is 3. The first-order valence-electron chi connectivity index (χ1n) is 10.7. The molecule has 0 spiro atoms. The van der Waals surface area contributed by atoms with Gasteiger partial charge in [-0.05, 0) is 30.7 Å². The second-order valence-corrected chi connectivity index (χ2v) is 8.00. The molecule has 2 saturated heterocycles. The number of β-amino-alcohol motifs (C(OH)–C–C–N with tert-alkyl or cyclic N) is 1. The van der Waals surface area contributed by atoms with Crippen LogP contribution >= 0.6 is 0 Å². The van der Waals surface area contributed by atoms with Crippen molar-refractivity contribution < 1.29 is 14.2 Å². The molecule has 0 aliphatic carbocycles. The zero-order valence-corrected chi connectivity index (χ0v) is 17.5. The van der Waals surface area contributed by atoms with E-state index in [-0.39, 0.29) is 17.2 Å². The maximum Gasteiger partial charge on any atom is 0.259 e. The molecule has 0 amide bonds. The van der Waals surface area contributed by atoms with Gasteiger partial charge in [-0.25, -0.2) is 14.4 Å². The number of halogens is 1. The second-order valence-electron chi connectivity index (χ2n) is 8.00. The SMILES string of the molecule is O=c1[nH]cccc1-c1nc(-c2ccc(N3CCOCC3)c(F)c2)cc(N2CCC(O)C2)n1. The quantitative estimate of drug-likeness (QED) is 0.645. The van der Waals surface area contributed by atoms with Crippen molar-refractivity contribution in [3.05, 3.63) is 58.8 Å². The van der Waals surface area contributed by atoms with Gasteiger partial charge in [0.1, 0.15) is 11.6 Å². The second kappa shape index (κ2) is 8.68. The van der Waals surface area contributed by atoms with Crippen LogP contribution in [0.1, 0.15) is 6.42 Å². The van der Waals surface area contributed by atoms with Crippen LogP contribution in [0.15, 0.2) is 47.4 Å². The molecule has 1 atom stereocenters. The van der Waals surface area contributed by atoms with Crippen LogP contribution in [0.25, 0.3) is 22.6 Å². The maximum absolute atomic E-state index is 15.0. The number of hydrogen-bond acceptors (Lipinski definition) is 7. The summed E-state index contributed by atoms with van der Waals surface area (Å²) < 4.78 is 20.4. The van der Waals surface area contributed by atoms with E-state index in [0.717, 1.165) is 0 Å². The maximum atomic E-state index is 15.0. The fourth-order valence-electron chi connectivity index (χ4n) is 4.14. The van der Waals surface area contributed by atoms with Crippen LogP contribution < -0.4 is 15.4 Å². The Morgan fingerprint density at radius 2 is 1.94 bits per heavy atom. The van der Waals surface area contributed by atoms with Gasteiger partial charge in [0.2, 0.25) is 0 Å². The van der Waals surface area contributed by atoms with Gasteiger partial charge in [-0.1, -0.05) is 6.07 Å². The summed E-state index contributed by atoms with van der Waals surface area (Å²) in [4.78, 5) is 28.1. The van der Waals surface area contributed by atoms with Gasteiger partial charge in [0.25, 0.3) is 5.56 Å². The Bertz CT molecular complexity index is 1180. The summed E-state index contributed by atoms with van der Waals surface area (Å²) in [5.74, 6) is 0.529. The number of rotatable bonds is 4. The predicted molar refractivity (Wildman–Crippen MR) is 119 cm³/mol. The third-order valence-corrected chi connectivity index (χ3v) is 5.85. The average molecular weight is 437 g/mol. The van der Waals surface area contributed by atoms with Crippen molar-refractivity contribution in [2.24, 2.45) is 0 Å². The number of hydrogen-bond donors (Lipinski definition) is 2. The van der Waals surface area contributed by atoms with E-state index in [9.17, 15) is 9.90 Å². The number of aliphatic hydroxyl groups excluding tert-OH is 1. The molecule has 1 unspecified atom stereocenters. The molecule has 0 radical (unpaired) electrons. The molecule has 5 rings (SSSR count). The number of nitrogens with one attached hydrogen (secondary N) is 1. The number of benzene rings is 1. The zero-order chi connectivity index (χ0) is 22.1. The summed E-state index contributed by atoms with van der Waals surface area (Å²) in [6, 6.07) is 10.2. The molecule has 166 valence electrons. The fraction of sp³-hybridized carbons (Fsp3) is 0.348. The number of anilines is 2. The van der Waals surface area contributed by atoms with Gasteiger partial charge in [0.15, 0.2) is 5.82 Å². The Morgan fingerprint density at radius 1 is 1.09 bits per heavy atom. The predicted octanol–water partition coefficient (Wildman–Crippen LogP) is 2.05. The molecular formula is C23H24FN5O3. The molecule has 8 nitrogen and oxygen atoms in total. The lowest BCUT2D eigenvalue weighted by molar-refractivity contribution is 0.122. The molecule has 0 bridgehead atoms. The molecule has 2 N–H and O–H groups in total. The van der Waals surface area contributed by atoms with Crippen LogP contribution in [-0.4, -0.2) is 65.6 Å². The van der Waals surface area contributed by atoms with E-state index in [1.165, 1.54) is 6.07 Å². The molecule has 1 aromatic carbocycles. The summed E-state index contributed by atoms with van der Waals surface area (Å²) in [7, 11) is 0. The first-order chi connectivity index (χ1) is 15.6. The van der Waals surface area contributed by atoms with Crippen molar-refractivity contribution in [3.8, 4) is 22.6 Å². The molecule has 4 heterocycles. The molecule has 2 fully saturated rings. The number of ether oxygens (including phenoxy) is 1. The summed E-state index contributed by atoms with van der Waals surface area (Å²) >= 11 is 0. The topological polar surface area (TPSA) is 94.6 Å². The van der Waals surface area contributed by atoms with E-state index >= 15 is 4.39 Å². The highest BCUT2D eigenvalue weighted by Gasteiger charge is 2.24. The van der Waals surface area contributed by atoms with Gasteiger partial charge in [0.05, 0.1) is 36.3 Å². The van der Waals surface area contributed by atoms with Crippen molar-refractivity contribution >= 4 is 11.5 Å². The van der Waals surface area contributed by atoms with E-state index < -0.39 is 6.10 Å². The molecule has 2 aliphatic heterocycles. The van der Waals surface area contributed by atoms with E-state index in [1.807, 2.05) is 15.9 Å². The van der Waals surface area contributed by atoms with Crippen molar-refractivity contribution in [2.75, 3.05) is 49.2 Å². The van der Waals surface area contributed by atoms with Crippen LogP contribution in [0.2, 0.25) is 0 Å². The summed E-state index contributed by atoms with van der Waals surface area (Å²) in [5.41, 5.74) is 1.68. The van der Waals surface area contributed by atoms with Crippen molar-refractivity contribution in [3.63, 3.8) is 0 Å². The Balaban J connectivity index is 1.57. The standard InChI is InChI=1S/C23H24FN5O3/c24-18-12-15(3-4-20(18)28-8-10-32-11-9-28)19-13-21(29-7-5-16(30)14-29)27-22(26-19)17-2-1-6-25-23(17)31/h1-4,6,12-13,16,30H,5,7-11,14H2,(H,25,31). The van der Waals surface area contributed by atoms with Crippen LogP contribution in [0.3, 0.4) is 0 Å². The highest BCUT2D eigenvalue weighted by atomic mass is 19.1. The van der Waals surface area contributed by atoms with Crippen molar-refractivity contribution in [2.45, 2.75) is 12.5 Å². The van der Waals surface area contributed by atoms with E-state index in [4.69, 9.17) is 4.74 Å². The Kier molecular flexibility index (Phi) is 5.59. The van der Waals surface area contributed by atoms with Crippen LogP contribution in [-0.2, 0) is 4.74 Å². The number of morpholine rings is 1. The summed E-state index contributed by atoms with van der Waals surface area (Å²) in [5, 5.41) is 9.97. The highest BCUT2D eigenvalue weighted by Crippen LogP contribution is 2.30. The Hall–Kier alpha value is -3.30. The third kappa shape index (κ3) is 4.09. The number of nitrogens with zero attached hydrogens (tertiary/aromatic N) is 4. The first-order valence-corrected chi connectivity index (χ1v) is 10.7. The average Bonchev–Trinajstić information content (AvgIpc) is 3.26. The number of aliphatic hydroxyl groups is 1. The molecule has 32 heavy (non-hydrogen) atoms. The lowest BCUT2D eigenvalue weighted by Gasteiger charge is -2.29. The minimum atomic E-state index is -0.428. The highest BCUT2D eigenvalue weighted by molar-refractivity contribution is 5.70. The zero-order valence-electron chi connectivity index (χ0n) is 17.5. The van der Waals surface area contributed by atoms with Crippen LogP contribution in [0, 0.1) is 5.82 Å². The van der Waals surface area contributed by atoms with Crippen LogP contribution in [0.5, 0.6) is 0 Å². The molecule has 2 aromatic heterocycles. The third-order valence-electron chi connectivity index (χ3n) is 5.85. The van der Waals surface area contributed by atoms with Gasteiger partial charge in [-0.3, -0.25) is 4.79 Å². The van der Waals surface area contributed by atoms with Crippen molar-refractivity contribution in [1.82, 2.24) is 15.0 Å². The smallest absolute Gasteiger partial charge is 0.259 e. The Labute approximate surface area is 184 Å². The lowest BCUT2D eigenvalue weighted by atomic mass is 10.1. The minimum Gasteiger partial charge on any atom is -0.391 e. The molecule has 2 aliphatic rings. The lowest BCUT2D eigenvalue weighted by Crippen LogP contribution is -2.36. The molecular weight excluding hydrogens is 413 g/mol. The summed E-state index contributed by atoms with van der Waals surface area (Å²) in [6.07, 6.45) is 1.76. The van der Waals surface area contributed by atoms with E-state index in [1.54, 1.807) is 30.5 Å². The number of aromatic amines is 1. The van der Waals surface area contributed by atoms with Gasteiger partial charge in [-0.15, -0.1) is 0 Å². The first kappa shape index (κ1) is 20.6. The Morgan fingerprint density at radius 3 is 2.66 bits per heavy atom. The largest absolute Gasteiger partial charge is 0.391 e. The number of pyridine rings is 1. The summed E-state index contributed by atoms with van der Waals surface area (Å²) in [6.45, 7) is 3.54. The van der Waals surface area contributed by atoms with Gasteiger partial charge < -0.3 is 24.6 Å². The van der Waals surface area contributed by atoms with E-state index in [2.05, 4.69) is 15.0 Å². The number of H-pyrrole nitrogens is 1. The van der Waals surface area contributed by atoms with Crippen LogP contribution in [0.4, 0.5) is 15.9 Å². The van der Waals surface area contributed by atoms with E-state index in [0.29, 0.717) is 74.1 Å². The fourth-order valence-corrected chi connectivity index (χ4v) is 4.14. The molecule has 0 saturated carbocycles. The normalized spacial score (nSPS) is 18.9. The molecule has 3 aromatic rings. The van der Waals surface area contributed by atoms with Gasteiger partial charge in [-0.2, -0.15) is 0 Å². The van der Waals surface area contributed by atoms with Crippen molar-refractivity contribution in [1.29, 1.82) is 0 Å². The van der Waals surface area contributed by atoms with Gasteiger partial charge in [0, 0.05) is 44.0 Å². The monoisotopic (exact) mass is 437 g/mol.